The number of piperazine rings is 1. The summed E-state index contributed by atoms with van der Waals surface area (Å²) in [4.78, 5) is 13.6. The van der Waals surface area contributed by atoms with E-state index in [1.165, 1.54) is 11.1 Å². The van der Waals surface area contributed by atoms with Gasteiger partial charge in [-0.1, -0.05) is 6.07 Å². The zero-order valence-corrected chi connectivity index (χ0v) is 17.7. The molecule has 8 nitrogen and oxygen atoms in total. The quantitative estimate of drug-likeness (QED) is 0.552. The topological polar surface area (TPSA) is 74.2 Å². The van der Waals surface area contributed by atoms with Crippen molar-refractivity contribution in [2.75, 3.05) is 58.5 Å². The molecule has 0 unspecified atom stereocenters. The van der Waals surface area contributed by atoms with Gasteiger partial charge in [0.25, 0.3) is 0 Å². The maximum atomic E-state index is 5.44. The van der Waals surface area contributed by atoms with E-state index in [4.69, 9.17) is 9.47 Å². The smallest absolute Gasteiger partial charge is 0.231 e. The molecular formula is C22H30N6O2. The van der Waals surface area contributed by atoms with E-state index < -0.39 is 0 Å². The first-order valence-corrected chi connectivity index (χ1v) is 10.4. The highest BCUT2D eigenvalue weighted by molar-refractivity contribution is 5.79. The Balaban J connectivity index is 1.25. The van der Waals surface area contributed by atoms with Crippen molar-refractivity contribution in [2.24, 2.45) is 4.99 Å². The molecule has 0 saturated carbocycles. The molecule has 1 saturated heterocycles. The summed E-state index contributed by atoms with van der Waals surface area (Å²) in [5.41, 5.74) is 2.39. The Bertz CT molecular complexity index is 880. The van der Waals surface area contributed by atoms with Gasteiger partial charge >= 0.3 is 0 Å². The van der Waals surface area contributed by atoms with E-state index in [0.29, 0.717) is 13.3 Å². The van der Waals surface area contributed by atoms with Crippen LogP contribution in [-0.4, -0.2) is 69.5 Å². The third kappa shape index (κ3) is 5.13. The summed E-state index contributed by atoms with van der Waals surface area (Å²) in [6.07, 6.45) is 2.76. The molecule has 3 heterocycles. The predicted molar refractivity (Wildman–Crippen MR) is 118 cm³/mol. The fourth-order valence-electron chi connectivity index (χ4n) is 3.61. The molecule has 0 atom stereocenters. The van der Waals surface area contributed by atoms with Crippen LogP contribution >= 0.6 is 0 Å². The highest BCUT2D eigenvalue weighted by atomic mass is 16.7. The lowest BCUT2D eigenvalue weighted by atomic mass is 10.1. The van der Waals surface area contributed by atoms with Gasteiger partial charge in [0.05, 0.1) is 0 Å². The van der Waals surface area contributed by atoms with Gasteiger partial charge in [0, 0.05) is 52.5 Å². The maximum Gasteiger partial charge on any atom is 0.231 e. The number of hydrogen-bond donors (Lipinski definition) is 2. The van der Waals surface area contributed by atoms with Gasteiger partial charge in [0.15, 0.2) is 17.5 Å². The summed E-state index contributed by atoms with van der Waals surface area (Å²) in [6, 6.07) is 10.3. The number of aliphatic imine (C=N–C) groups is 1. The van der Waals surface area contributed by atoms with Gasteiger partial charge in [-0.15, -0.1) is 0 Å². The third-order valence-electron chi connectivity index (χ3n) is 5.46. The monoisotopic (exact) mass is 410 g/mol. The van der Waals surface area contributed by atoms with Crippen molar-refractivity contribution in [3.63, 3.8) is 0 Å². The zero-order chi connectivity index (χ0) is 20.8. The van der Waals surface area contributed by atoms with E-state index >= 15 is 0 Å². The number of fused-ring (bicyclic) bond motifs is 1. The number of guanidine groups is 1. The summed E-state index contributed by atoms with van der Waals surface area (Å²) in [7, 11) is 3.95. The molecule has 160 valence electrons. The lowest BCUT2D eigenvalue weighted by Gasteiger charge is -2.33. The van der Waals surface area contributed by atoms with Gasteiger partial charge in [0.1, 0.15) is 5.82 Å². The van der Waals surface area contributed by atoms with Gasteiger partial charge in [-0.3, -0.25) is 4.99 Å². The second-order valence-electron chi connectivity index (χ2n) is 7.60. The summed E-state index contributed by atoms with van der Waals surface area (Å²) in [5, 5.41) is 6.76. The number of anilines is 1. The Kier molecular flexibility index (Phi) is 6.53. The molecule has 0 bridgehead atoms. The van der Waals surface area contributed by atoms with E-state index in [2.05, 4.69) is 49.6 Å². The van der Waals surface area contributed by atoms with Crippen LogP contribution in [0.5, 0.6) is 11.5 Å². The van der Waals surface area contributed by atoms with Gasteiger partial charge in [-0.05, 0) is 48.9 Å². The molecule has 2 N–H and O–H groups in total. The number of pyridine rings is 1. The highest BCUT2D eigenvalue weighted by Crippen LogP contribution is 2.32. The molecule has 0 radical (unpaired) electrons. The molecular weight excluding hydrogens is 380 g/mol. The van der Waals surface area contributed by atoms with E-state index in [0.717, 1.165) is 62.4 Å². The number of aromatic nitrogens is 1. The lowest BCUT2D eigenvalue weighted by Crippen LogP contribution is -2.44. The van der Waals surface area contributed by atoms with Crippen LogP contribution in [-0.2, 0) is 13.0 Å². The van der Waals surface area contributed by atoms with Crippen molar-refractivity contribution >= 4 is 11.8 Å². The fraction of sp³-hybridized carbons (Fsp3) is 0.455. The Labute approximate surface area is 177 Å². The van der Waals surface area contributed by atoms with Crippen molar-refractivity contribution in [3.05, 3.63) is 47.7 Å². The summed E-state index contributed by atoms with van der Waals surface area (Å²) >= 11 is 0. The average Bonchev–Trinajstić information content (AvgIpc) is 3.25. The second kappa shape index (κ2) is 9.67. The van der Waals surface area contributed by atoms with Crippen LogP contribution in [0.25, 0.3) is 0 Å². The van der Waals surface area contributed by atoms with E-state index in [-0.39, 0.29) is 0 Å². The number of likely N-dealkylation sites (N-methyl/N-ethyl adjacent to an activating group) is 1. The summed E-state index contributed by atoms with van der Waals surface area (Å²) in [5.74, 6) is 3.48. The Morgan fingerprint density at radius 3 is 2.70 bits per heavy atom. The molecule has 2 aliphatic rings. The van der Waals surface area contributed by atoms with Crippen LogP contribution in [0.2, 0.25) is 0 Å². The summed E-state index contributed by atoms with van der Waals surface area (Å²) in [6.45, 7) is 5.97. The second-order valence-corrected chi connectivity index (χ2v) is 7.60. The van der Waals surface area contributed by atoms with Crippen molar-refractivity contribution in [2.45, 2.75) is 13.0 Å². The van der Waals surface area contributed by atoms with E-state index in [1.54, 1.807) is 7.05 Å². The van der Waals surface area contributed by atoms with Gasteiger partial charge in [0.2, 0.25) is 6.79 Å². The Morgan fingerprint density at radius 1 is 1.03 bits per heavy atom. The predicted octanol–water partition coefficient (Wildman–Crippen LogP) is 1.47. The van der Waals surface area contributed by atoms with E-state index in [1.807, 2.05) is 24.4 Å². The largest absolute Gasteiger partial charge is 0.454 e. The number of benzene rings is 1. The Hall–Kier alpha value is -3.00. The van der Waals surface area contributed by atoms with Gasteiger partial charge in [-0.2, -0.15) is 0 Å². The molecule has 8 heteroatoms. The molecule has 30 heavy (non-hydrogen) atoms. The van der Waals surface area contributed by atoms with Crippen molar-refractivity contribution in [3.8, 4) is 11.5 Å². The van der Waals surface area contributed by atoms with Crippen molar-refractivity contribution in [1.82, 2.24) is 20.5 Å². The van der Waals surface area contributed by atoms with Crippen molar-refractivity contribution in [1.29, 1.82) is 0 Å². The standard InChI is InChI=1S/C22H30N6O2/c1-23-22(25-8-5-17-3-4-19-20(13-17)30-16-29-19)26-15-18-6-7-24-21(14-18)28-11-9-27(2)10-12-28/h3-4,6-7,13-14H,5,8-12,15-16H2,1-2H3,(H2,23,25,26). The van der Waals surface area contributed by atoms with Crippen molar-refractivity contribution < 1.29 is 9.47 Å². The number of ether oxygens (including phenoxy) is 2. The molecule has 1 aromatic carbocycles. The van der Waals surface area contributed by atoms with E-state index in [9.17, 15) is 0 Å². The van der Waals surface area contributed by atoms with Crippen LogP contribution in [0.15, 0.2) is 41.5 Å². The van der Waals surface area contributed by atoms with Gasteiger partial charge < -0.3 is 29.9 Å². The molecule has 1 aromatic heterocycles. The minimum Gasteiger partial charge on any atom is -0.454 e. The number of hydrogen-bond acceptors (Lipinski definition) is 6. The molecule has 2 aliphatic heterocycles. The summed E-state index contributed by atoms with van der Waals surface area (Å²) < 4.78 is 10.8. The first kappa shape index (κ1) is 20.3. The maximum absolute atomic E-state index is 5.44. The zero-order valence-electron chi connectivity index (χ0n) is 17.7. The molecule has 0 amide bonds. The first-order valence-electron chi connectivity index (χ1n) is 10.4. The average molecular weight is 411 g/mol. The fourth-order valence-corrected chi connectivity index (χ4v) is 3.61. The number of nitrogens with zero attached hydrogens (tertiary/aromatic N) is 4. The molecule has 4 rings (SSSR count). The molecule has 0 aliphatic carbocycles. The lowest BCUT2D eigenvalue weighted by molar-refractivity contribution is 0.174. The molecule has 0 spiro atoms. The molecule has 1 fully saturated rings. The SMILES string of the molecule is CN=C(NCCc1ccc2c(c1)OCO2)NCc1ccnc(N2CCN(C)CC2)c1. The number of rotatable bonds is 6. The van der Waals surface area contributed by atoms with Crippen LogP contribution in [0.4, 0.5) is 5.82 Å². The minimum atomic E-state index is 0.305. The van der Waals surface area contributed by atoms with Crippen LogP contribution in [0.1, 0.15) is 11.1 Å². The highest BCUT2D eigenvalue weighted by Gasteiger charge is 2.15. The Morgan fingerprint density at radius 2 is 1.87 bits per heavy atom. The first-order chi connectivity index (χ1) is 14.7. The number of nitrogens with one attached hydrogen (secondary N) is 2. The molecule has 2 aromatic rings. The van der Waals surface area contributed by atoms with Crippen LogP contribution < -0.4 is 25.0 Å². The van der Waals surface area contributed by atoms with Crippen LogP contribution in [0, 0.1) is 0 Å². The van der Waals surface area contributed by atoms with Crippen LogP contribution in [0.3, 0.4) is 0 Å². The normalized spacial score (nSPS) is 16.6. The minimum absolute atomic E-state index is 0.305. The van der Waals surface area contributed by atoms with Gasteiger partial charge in [-0.25, -0.2) is 4.98 Å². The third-order valence-corrected chi connectivity index (χ3v) is 5.46.